The summed E-state index contributed by atoms with van der Waals surface area (Å²) in [4.78, 5) is 8.70. The Hall–Kier alpha value is -1.46. The van der Waals surface area contributed by atoms with E-state index >= 15 is 0 Å². The van der Waals surface area contributed by atoms with Crippen LogP contribution < -0.4 is 10.6 Å². The summed E-state index contributed by atoms with van der Waals surface area (Å²) in [6.45, 7) is 3.21. The van der Waals surface area contributed by atoms with Gasteiger partial charge in [-0.3, -0.25) is 0 Å². The molecule has 3 heterocycles. The van der Waals surface area contributed by atoms with Crippen LogP contribution in [0.4, 0.5) is 5.82 Å². The molecule has 2 aromatic rings. The predicted octanol–water partition coefficient (Wildman–Crippen LogP) is 2.90. The van der Waals surface area contributed by atoms with Crippen molar-refractivity contribution in [2.45, 2.75) is 19.4 Å². The standard InChI is InChI=1S/C14H15N3S2/c1-9-11-4-7-19-12(11)3-6-17(9)13-8-10(14(15)18)2-5-16-13/h2,4-5,7-9H,3,6H2,1H3,(H2,15,18). The van der Waals surface area contributed by atoms with Gasteiger partial charge in [0.1, 0.15) is 10.8 Å². The van der Waals surface area contributed by atoms with Crippen LogP contribution >= 0.6 is 23.6 Å². The normalized spacial score (nSPS) is 18.2. The first-order valence-corrected chi connectivity index (χ1v) is 7.54. The first-order chi connectivity index (χ1) is 9.16. The van der Waals surface area contributed by atoms with Gasteiger partial charge in [-0.25, -0.2) is 4.98 Å². The number of nitrogens with zero attached hydrogens (tertiary/aromatic N) is 2. The quantitative estimate of drug-likeness (QED) is 0.863. The second-order valence-corrected chi connectivity index (χ2v) is 6.13. The number of hydrogen-bond acceptors (Lipinski definition) is 4. The number of thiophene rings is 1. The highest BCUT2D eigenvalue weighted by Gasteiger charge is 2.25. The summed E-state index contributed by atoms with van der Waals surface area (Å²) in [6, 6.07) is 6.41. The Kier molecular flexibility index (Phi) is 3.24. The Morgan fingerprint density at radius 3 is 3.16 bits per heavy atom. The van der Waals surface area contributed by atoms with Crippen molar-refractivity contribution in [2.24, 2.45) is 5.73 Å². The monoisotopic (exact) mass is 289 g/mol. The third-order valence-corrected chi connectivity index (χ3v) is 4.83. The molecule has 2 aromatic heterocycles. The van der Waals surface area contributed by atoms with E-state index in [9.17, 15) is 0 Å². The first kappa shape index (κ1) is 12.6. The third kappa shape index (κ3) is 2.24. The average Bonchev–Trinajstić information content (AvgIpc) is 2.88. The van der Waals surface area contributed by atoms with E-state index in [0.717, 1.165) is 24.3 Å². The van der Waals surface area contributed by atoms with Crippen molar-refractivity contribution in [3.05, 3.63) is 45.8 Å². The van der Waals surface area contributed by atoms with Crippen molar-refractivity contribution in [1.29, 1.82) is 0 Å². The van der Waals surface area contributed by atoms with Gasteiger partial charge in [-0.15, -0.1) is 11.3 Å². The van der Waals surface area contributed by atoms with Crippen LogP contribution in [-0.4, -0.2) is 16.5 Å². The minimum atomic E-state index is 0.351. The smallest absolute Gasteiger partial charge is 0.129 e. The van der Waals surface area contributed by atoms with Gasteiger partial charge in [-0.1, -0.05) is 12.2 Å². The second-order valence-electron chi connectivity index (χ2n) is 4.69. The lowest BCUT2D eigenvalue weighted by Crippen LogP contribution is -2.33. The van der Waals surface area contributed by atoms with Crippen LogP contribution in [-0.2, 0) is 6.42 Å². The van der Waals surface area contributed by atoms with E-state index in [2.05, 4.69) is 28.3 Å². The highest BCUT2D eigenvalue weighted by Crippen LogP contribution is 2.35. The maximum absolute atomic E-state index is 5.69. The van der Waals surface area contributed by atoms with Crippen LogP contribution in [0.1, 0.15) is 29.0 Å². The molecule has 5 heteroatoms. The lowest BCUT2D eigenvalue weighted by molar-refractivity contribution is 0.625. The van der Waals surface area contributed by atoms with Gasteiger partial charge in [0.25, 0.3) is 0 Å². The van der Waals surface area contributed by atoms with Gasteiger partial charge in [0.05, 0.1) is 6.04 Å². The van der Waals surface area contributed by atoms with E-state index in [4.69, 9.17) is 18.0 Å². The van der Waals surface area contributed by atoms with E-state index in [0.29, 0.717) is 11.0 Å². The summed E-state index contributed by atoms with van der Waals surface area (Å²) in [6.07, 6.45) is 2.86. The summed E-state index contributed by atoms with van der Waals surface area (Å²) >= 11 is 6.88. The topological polar surface area (TPSA) is 42.1 Å². The second kappa shape index (κ2) is 4.90. The fraction of sp³-hybridized carbons (Fsp3) is 0.286. The number of fused-ring (bicyclic) bond motifs is 1. The molecule has 0 aliphatic carbocycles. The van der Waals surface area contributed by atoms with Crippen LogP contribution in [0.2, 0.25) is 0 Å². The maximum Gasteiger partial charge on any atom is 0.129 e. The number of aromatic nitrogens is 1. The predicted molar refractivity (Wildman–Crippen MR) is 83.9 cm³/mol. The number of hydrogen-bond donors (Lipinski definition) is 1. The Balaban J connectivity index is 1.95. The van der Waals surface area contributed by atoms with Gasteiger partial charge in [-0.2, -0.15) is 0 Å². The van der Waals surface area contributed by atoms with Gasteiger partial charge in [0.15, 0.2) is 0 Å². The zero-order valence-electron chi connectivity index (χ0n) is 10.7. The highest BCUT2D eigenvalue weighted by molar-refractivity contribution is 7.80. The molecule has 0 bridgehead atoms. The van der Waals surface area contributed by atoms with Gasteiger partial charge in [0.2, 0.25) is 0 Å². The van der Waals surface area contributed by atoms with Gasteiger partial charge < -0.3 is 10.6 Å². The van der Waals surface area contributed by atoms with E-state index in [1.54, 1.807) is 6.20 Å². The fourth-order valence-electron chi connectivity index (χ4n) is 2.55. The minimum Gasteiger partial charge on any atom is -0.389 e. The Morgan fingerprint density at radius 2 is 2.37 bits per heavy atom. The molecular formula is C14H15N3S2. The molecule has 0 saturated heterocycles. The zero-order chi connectivity index (χ0) is 13.4. The van der Waals surface area contributed by atoms with E-state index in [-0.39, 0.29) is 0 Å². The van der Waals surface area contributed by atoms with Crippen molar-refractivity contribution in [3.8, 4) is 0 Å². The largest absolute Gasteiger partial charge is 0.389 e. The summed E-state index contributed by atoms with van der Waals surface area (Å²) in [5.74, 6) is 0.953. The van der Waals surface area contributed by atoms with Crippen molar-refractivity contribution >= 4 is 34.4 Å². The first-order valence-electron chi connectivity index (χ1n) is 6.25. The molecule has 0 spiro atoms. The lowest BCUT2D eigenvalue weighted by Gasteiger charge is -2.34. The maximum atomic E-state index is 5.69. The number of anilines is 1. The molecule has 1 aliphatic rings. The summed E-state index contributed by atoms with van der Waals surface area (Å²) < 4.78 is 0. The molecule has 3 rings (SSSR count). The summed E-state index contributed by atoms with van der Waals surface area (Å²) in [5, 5.41) is 2.17. The molecule has 3 nitrogen and oxygen atoms in total. The van der Waals surface area contributed by atoms with Gasteiger partial charge >= 0.3 is 0 Å². The zero-order valence-corrected chi connectivity index (χ0v) is 12.3. The molecule has 0 fully saturated rings. The fourth-order valence-corrected chi connectivity index (χ4v) is 3.64. The number of rotatable bonds is 2. The molecular weight excluding hydrogens is 274 g/mol. The minimum absolute atomic E-state index is 0.351. The third-order valence-electron chi connectivity index (χ3n) is 3.60. The van der Waals surface area contributed by atoms with Gasteiger partial charge in [-0.05, 0) is 42.5 Å². The van der Waals surface area contributed by atoms with Crippen LogP contribution in [0, 0.1) is 0 Å². The van der Waals surface area contributed by atoms with Crippen LogP contribution in [0.25, 0.3) is 0 Å². The van der Waals surface area contributed by atoms with Crippen LogP contribution in [0.5, 0.6) is 0 Å². The van der Waals surface area contributed by atoms with Crippen LogP contribution in [0.3, 0.4) is 0 Å². The Bertz CT molecular complexity index is 621. The molecule has 0 aromatic carbocycles. The van der Waals surface area contributed by atoms with E-state index < -0.39 is 0 Å². The van der Waals surface area contributed by atoms with E-state index in [1.807, 2.05) is 23.5 Å². The van der Waals surface area contributed by atoms with Crippen molar-refractivity contribution in [1.82, 2.24) is 4.98 Å². The number of pyridine rings is 1. The SMILES string of the molecule is CC1c2ccsc2CCN1c1cc(C(N)=S)ccn1. The Morgan fingerprint density at radius 1 is 1.53 bits per heavy atom. The van der Waals surface area contributed by atoms with Gasteiger partial charge in [0, 0.05) is 23.2 Å². The average molecular weight is 289 g/mol. The number of nitrogens with two attached hydrogens (primary N) is 1. The van der Waals surface area contributed by atoms with E-state index in [1.165, 1.54) is 10.4 Å². The van der Waals surface area contributed by atoms with Crippen molar-refractivity contribution in [3.63, 3.8) is 0 Å². The Labute approximate surface area is 122 Å². The molecule has 0 radical (unpaired) electrons. The highest BCUT2D eigenvalue weighted by atomic mass is 32.1. The molecule has 19 heavy (non-hydrogen) atoms. The van der Waals surface area contributed by atoms with Crippen molar-refractivity contribution < 1.29 is 0 Å². The molecule has 2 N–H and O–H groups in total. The lowest BCUT2D eigenvalue weighted by atomic mass is 10.0. The van der Waals surface area contributed by atoms with Crippen molar-refractivity contribution in [2.75, 3.05) is 11.4 Å². The number of thiocarbonyl (C=S) groups is 1. The molecule has 1 aliphatic heterocycles. The molecule has 0 saturated carbocycles. The molecule has 98 valence electrons. The summed E-state index contributed by atoms with van der Waals surface area (Å²) in [5.41, 5.74) is 7.99. The molecule has 0 amide bonds. The molecule has 1 unspecified atom stereocenters. The van der Waals surface area contributed by atoms with Crippen LogP contribution in [0.15, 0.2) is 29.8 Å². The molecule has 1 atom stereocenters. The summed E-state index contributed by atoms with van der Waals surface area (Å²) in [7, 11) is 0.